The van der Waals surface area contributed by atoms with Gasteiger partial charge in [0.1, 0.15) is 5.60 Å². The van der Waals surface area contributed by atoms with Crippen LogP contribution in [0, 0.1) is 11.3 Å². The number of hydrogen-bond donors (Lipinski definition) is 0. The Morgan fingerprint density at radius 3 is 2.45 bits per heavy atom. The predicted octanol–water partition coefficient (Wildman–Crippen LogP) is 3.85. The molecule has 3 aliphatic rings. The number of aromatic nitrogens is 2. The Hall–Kier alpha value is -0.550. The largest absolute Gasteiger partial charge is 0.473 e. The summed E-state index contributed by atoms with van der Waals surface area (Å²) in [6.07, 6.45) is 8.68. The summed E-state index contributed by atoms with van der Waals surface area (Å²) in [6.45, 7) is 2.99. The lowest BCUT2D eigenvalue weighted by molar-refractivity contribution is 0.0694. The monoisotopic (exact) mass is 316 g/mol. The van der Waals surface area contributed by atoms with E-state index in [1.807, 2.05) is 0 Å². The molecule has 0 atom stereocenters. The fourth-order valence-corrected chi connectivity index (χ4v) is 3.85. The van der Waals surface area contributed by atoms with Crippen molar-refractivity contribution in [2.75, 3.05) is 6.61 Å². The average molecular weight is 317 g/mol. The first-order valence-corrected chi connectivity index (χ1v) is 8.04. The molecule has 6 heteroatoms. The molecule has 2 bridgehead atoms. The number of ether oxygens (including phenoxy) is 2. The number of hydrogen-bond acceptors (Lipinski definition) is 5. The lowest BCUT2D eigenvalue weighted by Crippen LogP contribution is -2.30. The minimum atomic E-state index is 0. The minimum absolute atomic E-state index is 0. The van der Waals surface area contributed by atoms with Crippen LogP contribution in [-0.2, 0) is 0 Å². The molecule has 0 N–H and O–H groups in total. The summed E-state index contributed by atoms with van der Waals surface area (Å²) in [5, 5.41) is 0. The number of rotatable bonds is 5. The first-order chi connectivity index (χ1) is 9.17. The zero-order valence-electron chi connectivity index (χ0n) is 11.8. The highest BCUT2D eigenvalue weighted by Gasteiger charge is 2.48. The van der Waals surface area contributed by atoms with Gasteiger partial charge in [-0.25, -0.2) is 0 Å². The molecule has 4 rings (SSSR count). The maximum atomic E-state index is 6.22. The van der Waals surface area contributed by atoms with Crippen molar-refractivity contribution in [1.29, 1.82) is 0 Å². The highest BCUT2D eigenvalue weighted by molar-refractivity contribution is 6.99. The highest BCUT2D eigenvalue weighted by Crippen LogP contribution is 2.51. The average Bonchev–Trinajstić information content (AvgIpc) is 2.84. The van der Waals surface area contributed by atoms with Gasteiger partial charge in [0.25, 0.3) is 11.8 Å². The van der Waals surface area contributed by atoms with Gasteiger partial charge in [-0.05, 0) is 50.9 Å². The van der Waals surface area contributed by atoms with Crippen LogP contribution in [0.2, 0.25) is 0 Å². The van der Waals surface area contributed by atoms with Gasteiger partial charge in [0.05, 0.1) is 18.3 Å². The molecule has 0 aliphatic heterocycles. The fourth-order valence-electron chi connectivity index (χ4n) is 3.41. The van der Waals surface area contributed by atoms with E-state index in [-0.39, 0.29) is 18.0 Å². The normalized spacial score (nSPS) is 32.8. The van der Waals surface area contributed by atoms with E-state index in [0.717, 1.165) is 12.5 Å². The molecule has 0 aromatic carbocycles. The van der Waals surface area contributed by atoms with E-state index >= 15 is 0 Å². The second-order valence-electron chi connectivity index (χ2n) is 6.91. The van der Waals surface area contributed by atoms with Crippen LogP contribution in [0.25, 0.3) is 0 Å². The Labute approximate surface area is 130 Å². The van der Waals surface area contributed by atoms with Gasteiger partial charge in [-0.3, -0.25) is 0 Å². The van der Waals surface area contributed by atoms with Crippen LogP contribution < -0.4 is 9.47 Å². The van der Waals surface area contributed by atoms with Crippen molar-refractivity contribution in [3.05, 3.63) is 0 Å². The minimum Gasteiger partial charge on any atom is -0.473 e. The molecule has 20 heavy (non-hydrogen) atoms. The van der Waals surface area contributed by atoms with E-state index in [1.165, 1.54) is 56.7 Å². The molecule has 0 unspecified atom stereocenters. The van der Waals surface area contributed by atoms with E-state index in [1.54, 1.807) is 0 Å². The molecule has 3 saturated carbocycles. The summed E-state index contributed by atoms with van der Waals surface area (Å²) >= 11 is 1.19. The fraction of sp³-hybridized carbons (Fsp3) is 0.857. The van der Waals surface area contributed by atoms with Crippen LogP contribution in [0.15, 0.2) is 0 Å². The van der Waals surface area contributed by atoms with Crippen LogP contribution in [0.4, 0.5) is 0 Å². The van der Waals surface area contributed by atoms with E-state index in [0.29, 0.717) is 17.2 Å². The quantitative estimate of drug-likeness (QED) is 0.827. The first kappa shape index (κ1) is 14.4. The molecule has 0 saturated heterocycles. The summed E-state index contributed by atoms with van der Waals surface area (Å²) in [5.74, 6) is 2.13. The molecule has 0 spiro atoms. The molecule has 0 amide bonds. The molecule has 112 valence electrons. The summed E-state index contributed by atoms with van der Waals surface area (Å²) in [6, 6.07) is 0. The smallest absolute Gasteiger partial charge is 0.291 e. The van der Waals surface area contributed by atoms with Crippen molar-refractivity contribution in [1.82, 2.24) is 8.75 Å². The zero-order valence-corrected chi connectivity index (χ0v) is 13.4. The van der Waals surface area contributed by atoms with Gasteiger partial charge in [-0.2, -0.15) is 0 Å². The number of halogens is 1. The molecule has 3 aliphatic carbocycles. The van der Waals surface area contributed by atoms with Gasteiger partial charge >= 0.3 is 0 Å². The van der Waals surface area contributed by atoms with Crippen LogP contribution in [0.5, 0.6) is 11.8 Å². The highest BCUT2D eigenvalue weighted by atomic mass is 35.5. The molecule has 1 aromatic rings. The molecule has 1 aromatic heterocycles. The summed E-state index contributed by atoms with van der Waals surface area (Å²) < 4.78 is 20.6. The Morgan fingerprint density at radius 2 is 1.85 bits per heavy atom. The standard InChI is InChI=1S/C14H20N2O2S.ClH/c1-13(6-7-13)9-17-11-12(16-19-15-11)18-14-4-2-10(8-14)3-5-14;/h10H,2-9H2,1H3;1H. The first-order valence-electron chi connectivity index (χ1n) is 7.31. The Balaban J connectivity index is 0.00000121. The number of nitrogens with zero attached hydrogens (tertiary/aromatic N) is 2. The van der Waals surface area contributed by atoms with Gasteiger partial charge in [-0.1, -0.05) is 6.92 Å². The molecular formula is C14H21ClN2O2S. The molecular weight excluding hydrogens is 296 g/mol. The van der Waals surface area contributed by atoms with Gasteiger partial charge in [0, 0.05) is 5.41 Å². The topological polar surface area (TPSA) is 44.2 Å². The number of fused-ring (bicyclic) bond motifs is 2. The van der Waals surface area contributed by atoms with E-state index in [2.05, 4.69) is 15.7 Å². The molecule has 0 radical (unpaired) electrons. The molecule has 3 fully saturated rings. The second kappa shape index (κ2) is 5.02. The summed E-state index contributed by atoms with van der Waals surface area (Å²) in [7, 11) is 0. The SMILES string of the molecule is CC1(COc2nsnc2OC23CCC(CC2)C3)CC1.Cl. The predicted molar refractivity (Wildman–Crippen MR) is 79.9 cm³/mol. The zero-order chi connectivity index (χ0) is 12.9. The van der Waals surface area contributed by atoms with E-state index < -0.39 is 0 Å². The third-order valence-electron chi connectivity index (χ3n) is 5.08. The molecule has 4 nitrogen and oxygen atoms in total. The van der Waals surface area contributed by atoms with Gasteiger partial charge in [0.15, 0.2) is 0 Å². The Bertz CT molecular complexity index is 481. The van der Waals surface area contributed by atoms with Crippen molar-refractivity contribution in [3.8, 4) is 11.8 Å². The van der Waals surface area contributed by atoms with Gasteiger partial charge in [0.2, 0.25) is 0 Å². The maximum Gasteiger partial charge on any atom is 0.291 e. The Morgan fingerprint density at radius 1 is 1.15 bits per heavy atom. The van der Waals surface area contributed by atoms with E-state index in [4.69, 9.17) is 9.47 Å². The van der Waals surface area contributed by atoms with Crippen molar-refractivity contribution in [2.45, 2.75) is 57.5 Å². The lowest BCUT2D eigenvalue weighted by Gasteiger charge is -2.26. The Kier molecular flexibility index (Phi) is 3.61. The van der Waals surface area contributed by atoms with Crippen molar-refractivity contribution < 1.29 is 9.47 Å². The van der Waals surface area contributed by atoms with Crippen LogP contribution >= 0.6 is 24.1 Å². The maximum absolute atomic E-state index is 6.22. The van der Waals surface area contributed by atoms with Crippen molar-refractivity contribution in [2.24, 2.45) is 11.3 Å². The lowest BCUT2D eigenvalue weighted by atomic mass is 9.97. The van der Waals surface area contributed by atoms with Gasteiger partial charge in [-0.15, -0.1) is 21.2 Å². The van der Waals surface area contributed by atoms with Gasteiger partial charge < -0.3 is 9.47 Å². The van der Waals surface area contributed by atoms with Crippen molar-refractivity contribution >= 4 is 24.1 Å². The van der Waals surface area contributed by atoms with Crippen LogP contribution in [-0.4, -0.2) is 21.0 Å². The second-order valence-corrected chi connectivity index (χ2v) is 7.43. The third kappa shape index (κ3) is 2.62. The van der Waals surface area contributed by atoms with Crippen LogP contribution in [0.1, 0.15) is 51.9 Å². The van der Waals surface area contributed by atoms with Crippen molar-refractivity contribution in [3.63, 3.8) is 0 Å². The third-order valence-corrected chi connectivity index (χ3v) is 5.58. The molecule has 1 heterocycles. The summed E-state index contributed by atoms with van der Waals surface area (Å²) in [5.41, 5.74) is 0.410. The van der Waals surface area contributed by atoms with Crippen LogP contribution in [0.3, 0.4) is 0 Å². The van der Waals surface area contributed by atoms with E-state index in [9.17, 15) is 0 Å². The summed E-state index contributed by atoms with van der Waals surface area (Å²) in [4.78, 5) is 0.